The van der Waals surface area contributed by atoms with E-state index >= 15 is 0 Å². The summed E-state index contributed by atoms with van der Waals surface area (Å²) in [5.41, 5.74) is 3.83. The number of amides is 1. The third-order valence-electron chi connectivity index (χ3n) is 4.53. The van der Waals surface area contributed by atoms with Crippen molar-refractivity contribution >= 4 is 17.4 Å². The van der Waals surface area contributed by atoms with Gasteiger partial charge in [-0.25, -0.2) is 18.2 Å². The number of aliphatic imine (C=N–C) groups is 1. The van der Waals surface area contributed by atoms with Crippen molar-refractivity contribution in [1.82, 2.24) is 4.98 Å². The van der Waals surface area contributed by atoms with Crippen molar-refractivity contribution < 1.29 is 22.7 Å². The number of carbonyl (C=O) groups excluding carboxylic acids is 1. The van der Waals surface area contributed by atoms with Gasteiger partial charge in [0.1, 0.15) is 28.6 Å². The van der Waals surface area contributed by atoms with Crippen molar-refractivity contribution in [3.8, 4) is 0 Å². The molecule has 2 aromatic rings. The minimum atomic E-state index is -1.11. The molecule has 1 aromatic carbocycles. The minimum Gasteiger partial charge on any atom is -0.385 e. The molecule has 2 heterocycles. The lowest BCUT2D eigenvalue weighted by atomic mass is 9.90. The first-order chi connectivity index (χ1) is 13.0. The largest absolute Gasteiger partial charge is 0.385 e. The van der Waals surface area contributed by atoms with Crippen LogP contribution in [0.25, 0.3) is 0 Å². The third kappa shape index (κ3) is 3.70. The Morgan fingerprint density at radius 1 is 1.18 bits per heavy atom. The van der Waals surface area contributed by atoms with E-state index in [2.05, 4.69) is 15.3 Å². The van der Waals surface area contributed by atoms with Crippen LogP contribution in [0.3, 0.4) is 0 Å². The first kappa shape index (κ1) is 19.8. The smallest absolute Gasteiger partial charge is 0.277 e. The quantitative estimate of drug-likeness (QED) is 0.840. The highest BCUT2D eigenvalue weighted by Crippen LogP contribution is 2.35. The molecule has 0 aliphatic carbocycles. The maximum atomic E-state index is 14.5. The molecule has 3 rings (SSSR count). The van der Waals surface area contributed by atoms with E-state index in [4.69, 9.17) is 10.5 Å². The molecular weight excluding hydrogens is 373 g/mol. The molecule has 0 bridgehead atoms. The summed E-state index contributed by atoms with van der Waals surface area (Å²) in [6, 6.07) is 4.38. The highest BCUT2D eigenvalue weighted by molar-refractivity contribution is 6.03. The molecule has 0 saturated carbocycles. The normalized spacial score (nSPS) is 21.1. The lowest BCUT2D eigenvalue weighted by Gasteiger charge is -2.38. The molecule has 1 aromatic heterocycles. The predicted octanol–water partition coefficient (Wildman–Crippen LogP) is 3.13. The van der Waals surface area contributed by atoms with Gasteiger partial charge in [0, 0.05) is 17.3 Å². The Balaban J connectivity index is 1.92. The van der Waals surface area contributed by atoms with Gasteiger partial charge in [0.25, 0.3) is 5.91 Å². The number of nitrogens with zero attached hydrogens (tertiary/aromatic N) is 2. The number of ether oxygens (including phenoxy) is 1. The summed E-state index contributed by atoms with van der Waals surface area (Å²) in [5, 5.41) is 2.42. The van der Waals surface area contributed by atoms with Gasteiger partial charge in [-0.2, -0.15) is 0 Å². The fourth-order valence-corrected chi connectivity index (χ4v) is 2.75. The molecule has 0 radical (unpaired) electrons. The number of nitrogens with one attached hydrogen (secondary N) is 1. The van der Waals surface area contributed by atoms with Crippen molar-refractivity contribution in [2.75, 3.05) is 11.9 Å². The van der Waals surface area contributed by atoms with Gasteiger partial charge >= 0.3 is 0 Å². The van der Waals surface area contributed by atoms with Crippen molar-refractivity contribution in [3.05, 3.63) is 59.2 Å². The summed E-state index contributed by atoms with van der Waals surface area (Å²) < 4.78 is 46.9. The van der Waals surface area contributed by atoms with Crippen LogP contribution >= 0.6 is 0 Å². The molecule has 0 spiro atoms. The SMILES string of the molecule is CC1(C)OC[C@@](C)(c2cc(NC(=O)c3ncc(F)cc3F)ccc2F)N=C1N. The third-order valence-corrected chi connectivity index (χ3v) is 4.53. The van der Waals surface area contributed by atoms with E-state index in [1.165, 1.54) is 12.1 Å². The zero-order valence-corrected chi connectivity index (χ0v) is 15.5. The number of benzene rings is 1. The van der Waals surface area contributed by atoms with Crippen molar-refractivity contribution in [2.45, 2.75) is 31.9 Å². The van der Waals surface area contributed by atoms with Gasteiger partial charge in [-0.3, -0.25) is 9.79 Å². The Morgan fingerprint density at radius 3 is 2.54 bits per heavy atom. The number of rotatable bonds is 3. The van der Waals surface area contributed by atoms with Gasteiger partial charge in [-0.15, -0.1) is 0 Å². The van der Waals surface area contributed by atoms with Crippen LogP contribution in [0.5, 0.6) is 0 Å². The number of carbonyl (C=O) groups is 1. The number of amidine groups is 1. The second kappa shape index (κ2) is 6.90. The van der Waals surface area contributed by atoms with Crippen LogP contribution in [0.15, 0.2) is 35.5 Å². The molecule has 0 unspecified atom stereocenters. The van der Waals surface area contributed by atoms with E-state index in [0.29, 0.717) is 6.07 Å². The molecule has 0 fully saturated rings. The van der Waals surface area contributed by atoms with Gasteiger partial charge in [0.05, 0.1) is 12.8 Å². The van der Waals surface area contributed by atoms with Gasteiger partial charge in [-0.1, -0.05) is 0 Å². The predicted molar refractivity (Wildman–Crippen MR) is 97.5 cm³/mol. The number of anilines is 1. The average molecular weight is 392 g/mol. The summed E-state index contributed by atoms with van der Waals surface area (Å²) in [6.45, 7) is 5.23. The van der Waals surface area contributed by atoms with Crippen molar-refractivity contribution in [1.29, 1.82) is 0 Å². The maximum absolute atomic E-state index is 14.5. The van der Waals surface area contributed by atoms with Crippen molar-refractivity contribution in [3.63, 3.8) is 0 Å². The average Bonchev–Trinajstić information content (AvgIpc) is 2.60. The van der Waals surface area contributed by atoms with E-state index in [0.717, 1.165) is 12.3 Å². The maximum Gasteiger partial charge on any atom is 0.277 e. The summed E-state index contributed by atoms with van der Waals surface area (Å²) in [4.78, 5) is 20.1. The molecule has 6 nitrogen and oxygen atoms in total. The first-order valence-electron chi connectivity index (χ1n) is 8.44. The Bertz CT molecular complexity index is 978. The molecular formula is C19H19F3N4O2. The van der Waals surface area contributed by atoms with E-state index in [1.807, 2.05) is 0 Å². The van der Waals surface area contributed by atoms with Crippen LogP contribution in [0, 0.1) is 17.5 Å². The second-order valence-electron chi connectivity index (χ2n) is 7.20. The number of hydrogen-bond acceptors (Lipinski definition) is 5. The molecule has 148 valence electrons. The van der Waals surface area contributed by atoms with E-state index < -0.39 is 40.2 Å². The van der Waals surface area contributed by atoms with Crippen molar-refractivity contribution in [2.24, 2.45) is 10.7 Å². The fourth-order valence-electron chi connectivity index (χ4n) is 2.75. The number of pyridine rings is 1. The highest BCUT2D eigenvalue weighted by atomic mass is 19.1. The standard InChI is InChI=1S/C19H19F3N4O2/c1-18(2)17(23)26-19(3,9-28-18)12-7-11(4-5-13(12)21)25-16(27)15-14(22)6-10(20)8-24-15/h4-8H,9H2,1-3H3,(H2,23,26)(H,25,27)/t19-/m0/s1. The lowest BCUT2D eigenvalue weighted by molar-refractivity contribution is -0.00942. The number of nitrogens with two attached hydrogens (primary N) is 1. The summed E-state index contributed by atoms with van der Waals surface area (Å²) in [7, 11) is 0. The summed E-state index contributed by atoms with van der Waals surface area (Å²) in [6.07, 6.45) is 0.730. The van der Waals surface area contributed by atoms with Gasteiger partial charge in [0.15, 0.2) is 11.5 Å². The number of halogens is 3. The Kier molecular flexibility index (Phi) is 4.88. The second-order valence-corrected chi connectivity index (χ2v) is 7.20. The first-order valence-corrected chi connectivity index (χ1v) is 8.44. The molecule has 3 N–H and O–H groups in total. The summed E-state index contributed by atoms with van der Waals surface area (Å²) >= 11 is 0. The van der Waals surface area contributed by atoms with Crippen LogP contribution in [-0.4, -0.2) is 28.9 Å². The topological polar surface area (TPSA) is 89.6 Å². The van der Waals surface area contributed by atoms with E-state index in [1.54, 1.807) is 20.8 Å². The fraction of sp³-hybridized carbons (Fsp3) is 0.316. The van der Waals surface area contributed by atoms with Gasteiger partial charge in [-0.05, 0) is 39.0 Å². The molecule has 1 atom stereocenters. The molecule has 1 aliphatic rings. The summed E-state index contributed by atoms with van der Waals surface area (Å²) in [5.74, 6) is -3.25. The van der Waals surface area contributed by atoms with Crippen LogP contribution in [0.2, 0.25) is 0 Å². The molecule has 28 heavy (non-hydrogen) atoms. The van der Waals surface area contributed by atoms with Crippen LogP contribution in [0.4, 0.5) is 18.9 Å². The monoisotopic (exact) mass is 392 g/mol. The van der Waals surface area contributed by atoms with Crippen LogP contribution < -0.4 is 11.1 Å². The van der Waals surface area contributed by atoms with E-state index in [9.17, 15) is 18.0 Å². The highest BCUT2D eigenvalue weighted by Gasteiger charge is 2.39. The molecule has 9 heteroatoms. The van der Waals surface area contributed by atoms with Gasteiger partial charge < -0.3 is 15.8 Å². The lowest BCUT2D eigenvalue weighted by Crippen LogP contribution is -2.50. The minimum absolute atomic E-state index is 0.0726. The van der Waals surface area contributed by atoms with Gasteiger partial charge in [0.2, 0.25) is 0 Å². The Hall–Kier alpha value is -2.94. The molecule has 1 amide bonds. The number of hydrogen-bond donors (Lipinski definition) is 2. The zero-order chi connectivity index (χ0) is 20.7. The Labute approximate surface area is 159 Å². The van der Waals surface area contributed by atoms with E-state index in [-0.39, 0.29) is 23.7 Å². The zero-order valence-electron chi connectivity index (χ0n) is 15.5. The van der Waals surface area contributed by atoms with Crippen LogP contribution in [-0.2, 0) is 10.3 Å². The number of aromatic nitrogens is 1. The molecule has 1 aliphatic heterocycles. The molecule has 0 saturated heterocycles. The Morgan fingerprint density at radius 2 is 1.89 bits per heavy atom. The van der Waals surface area contributed by atoms with Crippen LogP contribution in [0.1, 0.15) is 36.8 Å².